The van der Waals surface area contributed by atoms with Gasteiger partial charge >= 0.3 is 0 Å². The number of aromatic nitrogens is 2. The number of benzene rings is 1. The van der Waals surface area contributed by atoms with Crippen molar-refractivity contribution in [2.45, 2.75) is 16.8 Å². The highest BCUT2D eigenvalue weighted by molar-refractivity contribution is 9.10. The van der Waals surface area contributed by atoms with Gasteiger partial charge in [-0.25, -0.2) is 9.97 Å². The Labute approximate surface area is 113 Å². The number of nitrogens with zero attached hydrogens (tertiary/aromatic N) is 2. The molecule has 1 aromatic heterocycles. The SMILES string of the molecule is CCNc1cc(Sc2cccc(Br)c2)ncn1. The van der Waals surface area contributed by atoms with Crippen molar-refractivity contribution >= 4 is 33.5 Å². The molecule has 0 aliphatic rings. The van der Waals surface area contributed by atoms with Crippen LogP contribution in [0.4, 0.5) is 5.82 Å². The lowest BCUT2D eigenvalue weighted by atomic mass is 10.4. The lowest BCUT2D eigenvalue weighted by molar-refractivity contribution is 1.03. The van der Waals surface area contributed by atoms with Crippen LogP contribution in [0.15, 0.2) is 51.1 Å². The fourth-order valence-corrected chi connectivity index (χ4v) is 2.72. The van der Waals surface area contributed by atoms with Crippen LogP contribution in [0.1, 0.15) is 6.92 Å². The standard InChI is InChI=1S/C12H12BrN3S/c1-2-14-11-7-12(16-8-15-11)17-10-5-3-4-9(13)6-10/h3-8H,2H2,1H3,(H,14,15,16). The molecule has 2 aromatic rings. The molecule has 0 aliphatic carbocycles. The zero-order valence-corrected chi connectivity index (χ0v) is 11.8. The Hall–Kier alpha value is -1.07. The molecule has 3 nitrogen and oxygen atoms in total. The van der Waals surface area contributed by atoms with E-state index in [1.807, 2.05) is 25.1 Å². The first-order chi connectivity index (χ1) is 8.28. The maximum atomic E-state index is 4.24. The summed E-state index contributed by atoms with van der Waals surface area (Å²) in [6.07, 6.45) is 1.58. The first-order valence-electron chi connectivity index (χ1n) is 5.27. The number of rotatable bonds is 4. The molecule has 1 heterocycles. The van der Waals surface area contributed by atoms with Gasteiger partial charge in [-0.2, -0.15) is 0 Å². The molecule has 0 saturated heterocycles. The number of halogens is 1. The molecule has 0 atom stereocenters. The molecule has 0 fully saturated rings. The van der Waals surface area contributed by atoms with Crippen LogP contribution in [0.25, 0.3) is 0 Å². The van der Waals surface area contributed by atoms with E-state index in [2.05, 4.69) is 43.3 Å². The van der Waals surface area contributed by atoms with Crippen LogP contribution in [-0.2, 0) is 0 Å². The van der Waals surface area contributed by atoms with Gasteiger partial charge in [-0.05, 0) is 25.1 Å². The minimum atomic E-state index is 0.859. The summed E-state index contributed by atoms with van der Waals surface area (Å²) in [7, 11) is 0. The Balaban J connectivity index is 2.15. The predicted molar refractivity (Wildman–Crippen MR) is 74.5 cm³/mol. The molecule has 88 valence electrons. The van der Waals surface area contributed by atoms with E-state index in [4.69, 9.17) is 0 Å². The Morgan fingerprint density at radius 3 is 2.94 bits per heavy atom. The van der Waals surface area contributed by atoms with Crippen LogP contribution < -0.4 is 5.32 Å². The van der Waals surface area contributed by atoms with Crippen molar-refractivity contribution in [1.29, 1.82) is 0 Å². The van der Waals surface area contributed by atoms with Crippen molar-refractivity contribution in [3.8, 4) is 0 Å². The fraction of sp³-hybridized carbons (Fsp3) is 0.167. The highest BCUT2D eigenvalue weighted by atomic mass is 79.9. The van der Waals surface area contributed by atoms with Gasteiger partial charge in [0.1, 0.15) is 17.2 Å². The number of nitrogens with one attached hydrogen (secondary N) is 1. The van der Waals surface area contributed by atoms with E-state index in [1.165, 1.54) is 0 Å². The van der Waals surface area contributed by atoms with E-state index in [0.717, 1.165) is 26.8 Å². The van der Waals surface area contributed by atoms with Crippen LogP contribution in [0.5, 0.6) is 0 Å². The maximum Gasteiger partial charge on any atom is 0.130 e. The van der Waals surface area contributed by atoms with Gasteiger partial charge in [0.05, 0.1) is 0 Å². The minimum Gasteiger partial charge on any atom is -0.370 e. The lowest BCUT2D eigenvalue weighted by Gasteiger charge is -2.04. The van der Waals surface area contributed by atoms with Gasteiger partial charge in [0.2, 0.25) is 0 Å². The van der Waals surface area contributed by atoms with Crippen molar-refractivity contribution in [2.75, 3.05) is 11.9 Å². The summed E-state index contributed by atoms with van der Waals surface area (Å²) in [5.74, 6) is 0.861. The van der Waals surface area contributed by atoms with Crippen LogP contribution in [0.3, 0.4) is 0 Å². The Bertz CT molecular complexity index is 505. The molecular formula is C12H12BrN3S. The second-order valence-electron chi connectivity index (χ2n) is 3.33. The van der Waals surface area contributed by atoms with Gasteiger partial charge < -0.3 is 5.32 Å². The van der Waals surface area contributed by atoms with Crippen molar-refractivity contribution in [3.05, 3.63) is 41.1 Å². The third kappa shape index (κ3) is 3.71. The van der Waals surface area contributed by atoms with Crippen LogP contribution in [0, 0.1) is 0 Å². The van der Waals surface area contributed by atoms with Crippen molar-refractivity contribution in [1.82, 2.24) is 9.97 Å². The second kappa shape index (κ2) is 6.02. The summed E-state index contributed by atoms with van der Waals surface area (Å²) < 4.78 is 1.07. The first-order valence-corrected chi connectivity index (χ1v) is 6.88. The van der Waals surface area contributed by atoms with Crippen molar-refractivity contribution < 1.29 is 0 Å². The summed E-state index contributed by atoms with van der Waals surface area (Å²) in [5, 5.41) is 4.11. The molecule has 0 radical (unpaired) electrons. The largest absolute Gasteiger partial charge is 0.370 e. The molecule has 0 unspecified atom stereocenters. The van der Waals surface area contributed by atoms with E-state index < -0.39 is 0 Å². The molecule has 2 rings (SSSR count). The van der Waals surface area contributed by atoms with E-state index in [-0.39, 0.29) is 0 Å². The van der Waals surface area contributed by atoms with Crippen molar-refractivity contribution in [3.63, 3.8) is 0 Å². The molecule has 0 aliphatic heterocycles. The van der Waals surface area contributed by atoms with E-state index in [9.17, 15) is 0 Å². The molecule has 17 heavy (non-hydrogen) atoms. The Kier molecular flexibility index (Phi) is 4.39. The van der Waals surface area contributed by atoms with Gasteiger partial charge in [-0.15, -0.1) is 0 Å². The average Bonchev–Trinajstić information content (AvgIpc) is 2.30. The zero-order valence-electron chi connectivity index (χ0n) is 9.35. The molecule has 5 heteroatoms. The molecular weight excluding hydrogens is 298 g/mol. The van der Waals surface area contributed by atoms with Gasteiger partial charge in [0.25, 0.3) is 0 Å². The minimum absolute atomic E-state index is 0.859. The summed E-state index contributed by atoms with van der Waals surface area (Å²) in [6, 6.07) is 10.1. The highest BCUT2D eigenvalue weighted by Crippen LogP contribution is 2.28. The number of hydrogen-bond acceptors (Lipinski definition) is 4. The molecule has 0 bridgehead atoms. The summed E-state index contributed by atoms with van der Waals surface area (Å²) in [4.78, 5) is 9.54. The topological polar surface area (TPSA) is 37.8 Å². The normalized spacial score (nSPS) is 10.2. The predicted octanol–water partition coefficient (Wildman–Crippen LogP) is 3.82. The first kappa shape index (κ1) is 12.4. The monoisotopic (exact) mass is 309 g/mol. The molecule has 1 N–H and O–H groups in total. The second-order valence-corrected chi connectivity index (χ2v) is 5.34. The van der Waals surface area contributed by atoms with Crippen LogP contribution in [0.2, 0.25) is 0 Å². The van der Waals surface area contributed by atoms with E-state index >= 15 is 0 Å². The van der Waals surface area contributed by atoms with E-state index in [1.54, 1.807) is 18.1 Å². The van der Waals surface area contributed by atoms with Crippen LogP contribution in [-0.4, -0.2) is 16.5 Å². The number of hydrogen-bond donors (Lipinski definition) is 1. The Morgan fingerprint density at radius 1 is 1.29 bits per heavy atom. The third-order valence-electron chi connectivity index (χ3n) is 2.02. The molecule has 0 spiro atoms. The zero-order chi connectivity index (χ0) is 12.1. The van der Waals surface area contributed by atoms with Gasteiger partial charge in [-0.1, -0.05) is 33.8 Å². The molecule has 0 saturated carbocycles. The summed E-state index contributed by atoms with van der Waals surface area (Å²) in [6.45, 7) is 2.90. The molecule has 0 amide bonds. The maximum absolute atomic E-state index is 4.24. The fourth-order valence-electron chi connectivity index (χ4n) is 1.32. The smallest absolute Gasteiger partial charge is 0.130 e. The Morgan fingerprint density at radius 2 is 2.18 bits per heavy atom. The third-order valence-corrected chi connectivity index (χ3v) is 3.43. The van der Waals surface area contributed by atoms with E-state index in [0.29, 0.717) is 0 Å². The quantitative estimate of drug-likeness (QED) is 0.871. The van der Waals surface area contributed by atoms with Gasteiger partial charge in [-0.3, -0.25) is 0 Å². The van der Waals surface area contributed by atoms with Gasteiger partial charge in [0, 0.05) is 22.0 Å². The average molecular weight is 310 g/mol. The summed E-state index contributed by atoms with van der Waals surface area (Å²) >= 11 is 5.08. The molecule has 1 aromatic carbocycles. The van der Waals surface area contributed by atoms with Gasteiger partial charge in [0.15, 0.2) is 0 Å². The van der Waals surface area contributed by atoms with Crippen molar-refractivity contribution in [2.24, 2.45) is 0 Å². The highest BCUT2D eigenvalue weighted by Gasteiger charge is 2.01. The van der Waals surface area contributed by atoms with Crippen LogP contribution >= 0.6 is 27.7 Å². The lowest BCUT2D eigenvalue weighted by Crippen LogP contribution is -1.99. The summed E-state index contributed by atoms with van der Waals surface area (Å²) in [5.41, 5.74) is 0. The number of anilines is 1.